The van der Waals surface area contributed by atoms with Crippen LogP contribution in [0.25, 0.3) is 0 Å². The van der Waals surface area contributed by atoms with Crippen molar-refractivity contribution in [1.82, 2.24) is 15.5 Å². The highest BCUT2D eigenvalue weighted by Gasteiger charge is 2.30. The van der Waals surface area contributed by atoms with Crippen molar-refractivity contribution in [2.75, 3.05) is 39.9 Å². The van der Waals surface area contributed by atoms with Gasteiger partial charge in [0.1, 0.15) is 11.9 Å². The molecule has 0 aliphatic carbocycles. The van der Waals surface area contributed by atoms with Gasteiger partial charge in [0.2, 0.25) is 5.91 Å². The maximum atomic E-state index is 12.5. The molecule has 0 saturated carbocycles. The molecule has 7 nitrogen and oxygen atoms in total. The number of benzene rings is 1. The van der Waals surface area contributed by atoms with Gasteiger partial charge in [0.15, 0.2) is 0 Å². The third kappa shape index (κ3) is 5.43. The Morgan fingerprint density at radius 3 is 2.78 bits per heavy atom. The highest BCUT2D eigenvalue weighted by molar-refractivity contribution is 5.94. The lowest BCUT2D eigenvalue weighted by atomic mass is 10.1. The summed E-state index contributed by atoms with van der Waals surface area (Å²) in [7, 11) is 1.60. The van der Waals surface area contributed by atoms with Crippen LogP contribution in [-0.4, -0.2) is 68.8 Å². The summed E-state index contributed by atoms with van der Waals surface area (Å²) >= 11 is 0. The van der Waals surface area contributed by atoms with Gasteiger partial charge < -0.3 is 25.0 Å². The molecule has 1 aromatic rings. The molecule has 0 spiro atoms. The van der Waals surface area contributed by atoms with Crippen molar-refractivity contribution in [3.63, 3.8) is 0 Å². The second-order valence-corrected chi connectivity index (χ2v) is 7.07. The zero-order valence-corrected chi connectivity index (χ0v) is 15.9. The number of methoxy groups -OCH3 is 1. The van der Waals surface area contributed by atoms with Crippen molar-refractivity contribution >= 4 is 11.8 Å². The van der Waals surface area contributed by atoms with Gasteiger partial charge in [-0.05, 0) is 37.6 Å². The molecule has 2 aliphatic heterocycles. The number of nitrogens with zero attached hydrogens (tertiary/aromatic N) is 1. The Kier molecular flexibility index (Phi) is 7.06. The van der Waals surface area contributed by atoms with E-state index in [0.29, 0.717) is 24.5 Å². The molecular formula is C20H29N3O4. The van der Waals surface area contributed by atoms with Crippen LogP contribution in [0.15, 0.2) is 24.3 Å². The SMILES string of the molecule is COCCNC(=O)c1cccc(OC2CCN(C(=O)[C@H]3CCCN3)CC2)c1. The molecule has 2 amide bonds. The van der Waals surface area contributed by atoms with E-state index in [2.05, 4.69) is 10.6 Å². The first kappa shape index (κ1) is 19.6. The monoisotopic (exact) mass is 375 g/mol. The molecule has 0 unspecified atom stereocenters. The topological polar surface area (TPSA) is 79.9 Å². The van der Waals surface area contributed by atoms with Crippen molar-refractivity contribution in [2.45, 2.75) is 37.8 Å². The van der Waals surface area contributed by atoms with Gasteiger partial charge in [-0.1, -0.05) is 6.07 Å². The van der Waals surface area contributed by atoms with E-state index in [1.54, 1.807) is 19.2 Å². The van der Waals surface area contributed by atoms with E-state index in [9.17, 15) is 9.59 Å². The third-order valence-corrected chi connectivity index (χ3v) is 5.10. The Labute approximate surface area is 160 Å². The molecule has 7 heteroatoms. The molecular weight excluding hydrogens is 346 g/mol. The maximum absolute atomic E-state index is 12.5. The van der Waals surface area contributed by atoms with Crippen LogP contribution in [0.5, 0.6) is 5.75 Å². The quantitative estimate of drug-likeness (QED) is 0.700. The number of carbonyl (C=O) groups excluding carboxylic acids is 2. The van der Waals surface area contributed by atoms with Gasteiger partial charge in [-0.3, -0.25) is 9.59 Å². The van der Waals surface area contributed by atoms with Gasteiger partial charge in [0.25, 0.3) is 5.91 Å². The lowest BCUT2D eigenvalue weighted by molar-refractivity contribution is -0.134. The number of likely N-dealkylation sites (tertiary alicyclic amines) is 1. The highest BCUT2D eigenvalue weighted by atomic mass is 16.5. The molecule has 2 heterocycles. The number of hydrogen-bond acceptors (Lipinski definition) is 5. The van der Waals surface area contributed by atoms with Crippen LogP contribution in [0.1, 0.15) is 36.0 Å². The van der Waals surface area contributed by atoms with E-state index in [1.807, 2.05) is 17.0 Å². The van der Waals surface area contributed by atoms with Gasteiger partial charge in [-0.2, -0.15) is 0 Å². The summed E-state index contributed by atoms with van der Waals surface area (Å²) in [4.78, 5) is 26.5. The third-order valence-electron chi connectivity index (χ3n) is 5.10. The Balaban J connectivity index is 1.48. The lowest BCUT2D eigenvalue weighted by Crippen LogP contribution is -2.48. The van der Waals surface area contributed by atoms with E-state index in [4.69, 9.17) is 9.47 Å². The molecule has 2 N–H and O–H groups in total. The predicted octanol–water partition coefficient (Wildman–Crippen LogP) is 1.18. The summed E-state index contributed by atoms with van der Waals surface area (Å²) in [6.07, 6.45) is 3.70. The van der Waals surface area contributed by atoms with Crippen molar-refractivity contribution < 1.29 is 19.1 Å². The van der Waals surface area contributed by atoms with Crippen LogP contribution < -0.4 is 15.4 Å². The fraction of sp³-hybridized carbons (Fsp3) is 0.600. The van der Waals surface area contributed by atoms with Crippen molar-refractivity contribution in [2.24, 2.45) is 0 Å². The van der Waals surface area contributed by atoms with Crippen LogP contribution >= 0.6 is 0 Å². The van der Waals surface area contributed by atoms with E-state index >= 15 is 0 Å². The molecule has 2 fully saturated rings. The van der Waals surface area contributed by atoms with Crippen molar-refractivity contribution in [3.05, 3.63) is 29.8 Å². The number of rotatable bonds is 7. The average molecular weight is 375 g/mol. The molecule has 3 rings (SSSR count). The summed E-state index contributed by atoms with van der Waals surface area (Å²) in [5.41, 5.74) is 0.573. The van der Waals surface area contributed by atoms with Crippen LogP contribution in [0, 0.1) is 0 Å². The first-order valence-corrected chi connectivity index (χ1v) is 9.73. The summed E-state index contributed by atoms with van der Waals surface area (Å²) in [6, 6.07) is 7.22. The lowest BCUT2D eigenvalue weighted by Gasteiger charge is -2.33. The van der Waals surface area contributed by atoms with Crippen LogP contribution in [0.2, 0.25) is 0 Å². The predicted molar refractivity (Wildman–Crippen MR) is 102 cm³/mol. The van der Waals surface area contributed by atoms with Crippen LogP contribution in [0.4, 0.5) is 0 Å². The number of hydrogen-bond donors (Lipinski definition) is 2. The number of piperidine rings is 1. The van der Waals surface area contributed by atoms with E-state index < -0.39 is 0 Å². The number of ether oxygens (including phenoxy) is 2. The largest absolute Gasteiger partial charge is 0.490 e. The zero-order chi connectivity index (χ0) is 19.1. The molecule has 27 heavy (non-hydrogen) atoms. The summed E-state index contributed by atoms with van der Waals surface area (Å²) in [5.74, 6) is 0.777. The second-order valence-electron chi connectivity index (χ2n) is 7.07. The zero-order valence-electron chi connectivity index (χ0n) is 15.9. The molecule has 0 radical (unpaired) electrons. The Hall–Kier alpha value is -2.12. The van der Waals surface area contributed by atoms with Crippen LogP contribution in [0.3, 0.4) is 0 Å². The van der Waals surface area contributed by atoms with Gasteiger partial charge >= 0.3 is 0 Å². The van der Waals surface area contributed by atoms with Crippen molar-refractivity contribution in [1.29, 1.82) is 0 Å². The second kappa shape index (κ2) is 9.71. The Morgan fingerprint density at radius 2 is 2.07 bits per heavy atom. The molecule has 148 valence electrons. The molecule has 0 bridgehead atoms. The molecule has 1 aromatic carbocycles. The van der Waals surface area contributed by atoms with E-state index in [-0.39, 0.29) is 24.0 Å². The summed E-state index contributed by atoms with van der Waals surface area (Å²) in [5, 5.41) is 6.08. The van der Waals surface area contributed by atoms with Gasteiger partial charge in [-0.15, -0.1) is 0 Å². The summed E-state index contributed by atoms with van der Waals surface area (Å²) in [6.45, 7) is 3.33. The fourth-order valence-corrected chi connectivity index (χ4v) is 3.58. The molecule has 0 aromatic heterocycles. The molecule has 2 saturated heterocycles. The van der Waals surface area contributed by atoms with Gasteiger partial charge in [-0.25, -0.2) is 0 Å². The standard InChI is InChI=1S/C20H29N3O4/c1-26-13-10-22-19(24)15-4-2-5-17(14-15)27-16-7-11-23(12-8-16)20(25)18-6-3-9-21-18/h2,4-5,14,16,18,21H,3,6-13H2,1H3,(H,22,24)/t18-/m1/s1. The van der Waals surface area contributed by atoms with E-state index in [1.165, 1.54) is 0 Å². The van der Waals surface area contributed by atoms with E-state index in [0.717, 1.165) is 45.3 Å². The van der Waals surface area contributed by atoms with Gasteiger partial charge in [0, 0.05) is 45.1 Å². The van der Waals surface area contributed by atoms with Crippen LogP contribution in [-0.2, 0) is 9.53 Å². The fourth-order valence-electron chi connectivity index (χ4n) is 3.58. The average Bonchev–Trinajstić information content (AvgIpc) is 3.23. The molecule has 1 atom stereocenters. The van der Waals surface area contributed by atoms with Crippen molar-refractivity contribution in [3.8, 4) is 5.75 Å². The first-order chi connectivity index (χ1) is 13.2. The maximum Gasteiger partial charge on any atom is 0.251 e. The number of nitrogens with one attached hydrogen (secondary N) is 2. The number of amides is 2. The Morgan fingerprint density at radius 1 is 1.26 bits per heavy atom. The minimum atomic E-state index is -0.137. The minimum Gasteiger partial charge on any atom is -0.490 e. The highest BCUT2D eigenvalue weighted by Crippen LogP contribution is 2.21. The minimum absolute atomic E-state index is 0.00392. The summed E-state index contributed by atoms with van der Waals surface area (Å²) < 4.78 is 11.0. The normalized spacial score (nSPS) is 20.5. The number of carbonyl (C=O) groups is 2. The molecule has 2 aliphatic rings. The van der Waals surface area contributed by atoms with Gasteiger partial charge in [0.05, 0.1) is 12.6 Å². The smallest absolute Gasteiger partial charge is 0.251 e. The Bertz CT molecular complexity index is 638. The first-order valence-electron chi connectivity index (χ1n) is 9.73.